The maximum absolute atomic E-state index is 12.2. The van der Waals surface area contributed by atoms with E-state index in [4.69, 9.17) is 0 Å². The molecule has 1 amide bonds. The summed E-state index contributed by atoms with van der Waals surface area (Å²) in [6, 6.07) is 4.06. The lowest BCUT2D eigenvalue weighted by atomic mass is 10.2. The third-order valence-electron chi connectivity index (χ3n) is 2.95. The standard InChI is InChI=1S/C15H20N2OS/c1-4-5-7-17-12-6-8-19-14(12)9-13(17)15(18)16-10-11(2)3/h4-6,8-9,11H,7,10H2,1-3H3,(H,16,18)/b5-4+. The molecule has 0 radical (unpaired) electrons. The van der Waals surface area contributed by atoms with Gasteiger partial charge in [-0.05, 0) is 30.4 Å². The fourth-order valence-corrected chi connectivity index (χ4v) is 2.78. The number of hydrogen-bond acceptors (Lipinski definition) is 2. The smallest absolute Gasteiger partial charge is 0.267 e. The predicted molar refractivity (Wildman–Crippen MR) is 81.8 cm³/mol. The Morgan fingerprint density at radius 1 is 1.53 bits per heavy atom. The Morgan fingerprint density at radius 2 is 2.32 bits per heavy atom. The normalized spacial score (nSPS) is 11.8. The van der Waals surface area contributed by atoms with Gasteiger partial charge in [-0.1, -0.05) is 26.0 Å². The van der Waals surface area contributed by atoms with Crippen molar-refractivity contribution in [3.8, 4) is 0 Å². The summed E-state index contributed by atoms with van der Waals surface area (Å²) in [5.74, 6) is 0.477. The molecule has 2 heterocycles. The number of amides is 1. The summed E-state index contributed by atoms with van der Waals surface area (Å²) in [5, 5.41) is 5.05. The highest BCUT2D eigenvalue weighted by Crippen LogP contribution is 2.25. The molecule has 0 aliphatic rings. The van der Waals surface area contributed by atoms with Gasteiger partial charge in [-0.2, -0.15) is 0 Å². The van der Waals surface area contributed by atoms with Gasteiger partial charge in [0, 0.05) is 13.1 Å². The van der Waals surface area contributed by atoms with E-state index >= 15 is 0 Å². The number of fused-ring (bicyclic) bond motifs is 1. The lowest BCUT2D eigenvalue weighted by molar-refractivity contribution is 0.0940. The zero-order valence-corrected chi connectivity index (χ0v) is 12.5. The number of carbonyl (C=O) groups excluding carboxylic acids is 1. The van der Waals surface area contributed by atoms with Gasteiger partial charge in [-0.15, -0.1) is 11.3 Å². The fourth-order valence-electron chi connectivity index (χ4n) is 1.96. The molecule has 2 aromatic heterocycles. The van der Waals surface area contributed by atoms with Crippen molar-refractivity contribution >= 4 is 27.5 Å². The molecule has 0 aromatic carbocycles. The first-order valence-electron chi connectivity index (χ1n) is 6.59. The largest absolute Gasteiger partial charge is 0.351 e. The molecule has 3 nitrogen and oxygen atoms in total. The van der Waals surface area contributed by atoms with Gasteiger partial charge in [0.25, 0.3) is 5.91 Å². The average Bonchev–Trinajstić information content (AvgIpc) is 2.94. The molecule has 0 aliphatic heterocycles. The van der Waals surface area contributed by atoms with Gasteiger partial charge >= 0.3 is 0 Å². The second-order valence-corrected chi connectivity index (χ2v) is 5.93. The van der Waals surface area contributed by atoms with Crippen LogP contribution in [0.25, 0.3) is 10.2 Å². The summed E-state index contributed by atoms with van der Waals surface area (Å²) in [4.78, 5) is 12.2. The van der Waals surface area contributed by atoms with Crippen molar-refractivity contribution < 1.29 is 4.79 Å². The van der Waals surface area contributed by atoms with E-state index in [-0.39, 0.29) is 5.91 Å². The van der Waals surface area contributed by atoms with Crippen LogP contribution >= 0.6 is 11.3 Å². The molecular weight excluding hydrogens is 256 g/mol. The average molecular weight is 276 g/mol. The third kappa shape index (κ3) is 3.07. The SMILES string of the molecule is C/C=C/Cn1c(C(=O)NCC(C)C)cc2sccc21. The highest BCUT2D eigenvalue weighted by atomic mass is 32.1. The summed E-state index contributed by atoms with van der Waals surface area (Å²) in [5.41, 5.74) is 1.89. The highest BCUT2D eigenvalue weighted by molar-refractivity contribution is 7.17. The van der Waals surface area contributed by atoms with Gasteiger partial charge in [0.2, 0.25) is 0 Å². The first-order valence-corrected chi connectivity index (χ1v) is 7.47. The Labute approximate surface area is 117 Å². The Morgan fingerprint density at radius 3 is 3.00 bits per heavy atom. The van der Waals surface area contributed by atoms with Gasteiger partial charge in [0.15, 0.2) is 0 Å². The first-order chi connectivity index (χ1) is 9.13. The van der Waals surface area contributed by atoms with Crippen LogP contribution in [0.15, 0.2) is 29.7 Å². The zero-order chi connectivity index (χ0) is 13.8. The van der Waals surface area contributed by atoms with E-state index in [2.05, 4.69) is 41.3 Å². The minimum atomic E-state index is 0.0154. The van der Waals surface area contributed by atoms with Crippen LogP contribution < -0.4 is 5.32 Å². The molecule has 102 valence electrons. The molecule has 0 fully saturated rings. The van der Waals surface area contributed by atoms with Crippen molar-refractivity contribution in [1.29, 1.82) is 0 Å². The Bertz CT molecular complexity index is 592. The van der Waals surface area contributed by atoms with Gasteiger partial charge < -0.3 is 9.88 Å². The lowest BCUT2D eigenvalue weighted by Gasteiger charge is -2.10. The van der Waals surface area contributed by atoms with E-state index in [0.717, 1.165) is 17.8 Å². The van der Waals surface area contributed by atoms with Crippen LogP contribution in [0.1, 0.15) is 31.3 Å². The maximum atomic E-state index is 12.2. The van der Waals surface area contributed by atoms with Crippen LogP contribution in [0, 0.1) is 5.92 Å². The zero-order valence-electron chi connectivity index (χ0n) is 11.6. The van der Waals surface area contributed by atoms with Crippen molar-refractivity contribution in [3.63, 3.8) is 0 Å². The van der Waals surface area contributed by atoms with Crippen LogP contribution in [0.4, 0.5) is 0 Å². The van der Waals surface area contributed by atoms with Gasteiger partial charge in [-0.3, -0.25) is 4.79 Å². The number of hydrogen-bond donors (Lipinski definition) is 1. The van der Waals surface area contributed by atoms with Gasteiger partial charge in [0.05, 0.1) is 10.2 Å². The van der Waals surface area contributed by atoms with E-state index in [9.17, 15) is 4.79 Å². The molecule has 0 atom stereocenters. The van der Waals surface area contributed by atoms with Crippen molar-refractivity contribution in [2.24, 2.45) is 5.92 Å². The Balaban J connectivity index is 2.30. The summed E-state index contributed by atoms with van der Waals surface area (Å²) in [6.07, 6.45) is 4.07. The first kappa shape index (κ1) is 13.9. The lowest BCUT2D eigenvalue weighted by Crippen LogP contribution is -2.29. The van der Waals surface area contributed by atoms with E-state index in [1.54, 1.807) is 11.3 Å². The summed E-state index contributed by atoms with van der Waals surface area (Å²) >= 11 is 1.67. The number of thiophene rings is 1. The summed E-state index contributed by atoms with van der Waals surface area (Å²) in [7, 11) is 0. The van der Waals surface area contributed by atoms with Crippen LogP contribution in [0.5, 0.6) is 0 Å². The van der Waals surface area contributed by atoms with Crippen molar-refractivity contribution in [2.45, 2.75) is 27.3 Å². The number of aromatic nitrogens is 1. The second kappa shape index (κ2) is 6.06. The van der Waals surface area contributed by atoms with E-state index in [0.29, 0.717) is 12.5 Å². The number of nitrogens with zero attached hydrogens (tertiary/aromatic N) is 1. The summed E-state index contributed by atoms with van der Waals surface area (Å²) in [6.45, 7) is 7.63. The van der Waals surface area contributed by atoms with Gasteiger partial charge in [-0.25, -0.2) is 0 Å². The molecule has 2 rings (SSSR count). The van der Waals surface area contributed by atoms with Gasteiger partial charge in [0.1, 0.15) is 5.69 Å². The second-order valence-electron chi connectivity index (χ2n) is 4.98. The Kier molecular flexibility index (Phi) is 4.43. The van der Waals surface area contributed by atoms with Crippen molar-refractivity contribution in [2.75, 3.05) is 6.54 Å². The fraction of sp³-hybridized carbons (Fsp3) is 0.400. The quantitative estimate of drug-likeness (QED) is 0.831. The van der Waals surface area contributed by atoms with Crippen LogP contribution in [-0.4, -0.2) is 17.0 Å². The predicted octanol–water partition coefficient (Wildman–Crippen LogP) is 3.66. The molecule has 2 aromatic rings. The number of rotatable bonds is 5. The molecular formula is C15H20N2OS. The van der Waals surface area contributed by atoms with E-state index < -0.39 is 0 Å². The molecule has 4 heteroatoms. The highest BCUT2D eigenvalue weighted by Gasteiger charge is 2.15. The molecule has 19 heavy (non-hydrogen) atoms. The van der Waals surface area contributed by atoms with Crippen molar-refractivity contribution in [1.82, 2.24) is 9.88 Å². The van der Waals surface area contributed by atoms with Crippen LogP contribution in [0.3, 0.4) is 0 Å². The molecule has 0 saturated carbocycles. The monoisotopic (exact) mass is 276 g/mol. The number of allylic oxidation sites excluding steroid dienone is 2. The van der Waals surface area contributed by atoms with Crippen LogP contribution in [0.2, 0.25) is 0 Å². The minimum absolute atomic E-state index is 0.0154. The summed E-state index contributed by atoms with van der Waals surface area (Å²) < 4.78 is 3.24. The topological polar surface area (TPSA) is 34.0 Å². The van der Waals surface area contributed by atoms with E-state index in [1.165, 1.54) is 4.70 Å². The number of nitrogens with one attached hydrogen (secondary N) is 1. The third-order valence-corrected chi connectivity index (χ3v) is 3.80. The molecule has 0 spiro atoms. The van der Waals surface area contributed by atoms with E-state index in [1.807, 2.05) is 19.1 Å². The molecule has 0 saturated heterocycles. The minimum Gasteiger partial charge on any atom is -0.351 e. The Hall–Kier alpha value is -1.55. The maximum Gasteiger partial charge on any atom is 0.267 e. The molecule has 1 N–H and O–H groups in total. The molecule has 0 bridgehead atoms. The molecule has 0 aliphatic carbocycles. The number of carbonyl (C=O) groups is 1. The van der Waals surface area contributed by atoms with Crippen LogP contribution in [-0.2, 0) is 6.54 Å². The van der Waals surface area contributed by atoms with Crippen molar-refractivity contribution in [3.05, 3.63) is 35.4 Å². The molecule has 0 unspecified atom stereocenters.